The molecule has 0 atom stereocenters. The van der Waals surface area contributed by atoms with Gasteiger partial charge in [-0.3, -0.25) is 0 Å². The van der Waals surface area contributed by atoms with E-state index in [1.165, 1.54) is 17.6 Å². The Bertz CT molecular complexity index is 667. The Kier molecular flexibility index (Phi) is 2.49. The van der Waals surface area contributed by atoms with E-state index in [2.05, 4.69) is 4.98 Å². The molecule has 0 amide bonds. The van der Waals surface area contributed by atoms with Crippen molar-refractivity contribution in [3.63, 3.8) is 0 Å². The minimum Gasteiger partial charge on any atom is -0.476 e. The highest BCUT2D eigenvalue weighted by Gasteiger charge is 2.23. The molecule has 0 unspecified atom stereocenters. The monoisotopic (exact) mass is 261 g/mol. The summed E-state index contributed by atoms with van der Waals surface area (Å²) >= 11 is 1.43. The Morgan fingerprint density at radius 2 is 2.22 bits per heavy atom. The molecule has 5 nitrogen and oxygen atoms in total. The van der Waals surface area contributed by atoms with Crippen LogP contribution in [0, 0.1) is 0 Å². The van der Waals surface area contributed by atoms with E-state index in [0.717, 1.165) is 4.88 Å². The highest BCUT2D eigenvalue weighted by molar-refractivity contribution is 7.13. The predicted octanol–water partition coefficient (Wildman–Crippen LogP) is 3.36. The van der Waals surface area contributed by atoms with Gasteiger partial charge in [0, 0.05) is 0 Å². The zero-order chi connectivity index (χ0) is 12.5. The summed E-state index contributed by atoms with van der Waals surface area (Å²) in [5.74, 6) is -0.375. The summed E-state index contributed by atoms with van der Waals surface area (Å²) in [6.07, 6.45) is 1.45. The molecule has 3 aromatic rings. The first-order valence-electron chi connectivity index (χ1n) is 5.07. The smallest absolute Gasteiger partial charge is 0.358 e. The number of carboxylic acid groups (broad SMARTS) is 1. The Morgan fingerprint density at radius 1 is 1.33 bits per heavy atom. The number of nitrogens with zero attached hydrogens (tertiary/aromatic N) is 1. The molecule has 90 valence electrons. The summed E-state index contributed by atoms with van der Waals surface area (Å²) in [4.78, 5) is 15.9. The third-order valence-corrected chi connectivity index (χ3v) is 3.16. The van der Waals surface area contributed by atoms with Crippen molar-refractivity contribution in [1.29, 1.82) is 0 Å². The average molecular weight is 261 g/mol. The number of thiophene rings is 1. The lowest BCUT2D eigenvalue weighted by Gasteiger charge is -1.91. The van der Waals surface area contributed by atoms with Gasteiger partial charge in [0.25, 0.3) is 0 Å². The third-order valence-electron chi connectivity index (χ3n) is 2.31. The molecule has 3 aromatic heterocycles. The fourth-order valence-corrected chi connectivity index (χ4v) is 2.19. The van der Waals surface area contributed by atoms with Crippen molar-refractivity contribution in [2.24, 2.45) is 0 Å². The van der Waals surface area contributed by atoms with Crippen LogP contribution in [-0.4, -0.2) is 16.1 Å². The fraction of sp³-hybridized carbons (Fsp3) is 0. The van der Waals surface area contributed by atoms with E-state index in [1.807, 2.05) is 17.5 Å². The molecule has 6 heteroatoms. The number of carboxylic acids is 1. The maximum absolute atomic E-state index is 11.1. The van der Waals surface area contributed by atoms with E-state index in [9.17, 15) is 4.79 Å². The van der Waals surface area contributed by atoms with E-state index in [0.29, 0.717) is 5.76 Å². The standard InChI is InChI=1S/C12H7NO4S/c14-12(15)9-10(7-3-1-5-16-7)17-11(13-9)8-4-2-6-18-8/h1-6H,(H,14,15). The second-order valence-electron chi connectivity index (χ2n) is 3.46. The molecule has 0 saturated carbocycles. The number of rotatable bonds is 3. The van der Waals surface area contributed by atoms with E-state index in [1.54, 1.807) is 12.1 Å². The van der Waals surface area contributed by atoms with Gasteiger partial charge in [-0.25, -0.2) is 9.78 Å². The van der Waals surface area contributed by atoms with Crippen molar-refractivity contribution in [2.75, 3.05) is 0 Å². The number of furan rings is 1. The van der Waals surface area contributed by atoms with Crippen LogP contribution in [-0.2, 0) is 0 Å². The highest BCUT2D eigenvalue weighted by Crippen LogP contribution is 2.31. The van der Waals surface area contributed by atoms with Crippen LogP contribution < -0.4 is 0 Å². The summed E-state index contributed by atoms with van der Waals surface area (Å²) in [7, 11) is 0. The number of aromatic nitrogens is 1. The molecule has 0 aromatic carbocycles. The zero-order valence-electron chi connectivity index (χ0n) is 8.99. The van der Waals surface area contributed by atoms with Crippen molar-refractivity contribution in [2.45, 2.75) is 0 Å². The molecule has 0 fully saturated rings. The lowest BCUT2D eigenvalue weighted by molar-refractivity contribution is 0.0691. The zero-order valence-corrected chi connectivity index (χ0v) is 9.81. The van der Waals surface area contributed by atoms with Crippen molar-refractivity contribution in [1.82, 2.24) is 4.98 Å². The van der Waals surface area contributed by atoms with Gasteiger partial charge in [0.05, 0.1) is 11.1 Å². The minimum absolute atomic E-state index is 0.135. The van der Waals surface area contributed by atoms with E-state index >= 15 is 0 Å². The lowest BCUT2D eigenvalue weighted by Crippen LogP contribution is -1.98. The van der Waals surface area contributed by atoms with Crippen LogP contribution in [0.4, 0.5) is 0 Å². The Balaban J connectivity index is 2.16. The summed E-state index contributed by atoms with van der Waals surface area (Å²) < 4.78 is 10.6. The molecule has 1 N–H and O–H groups in total. The van der Waals surface area contributed by atoms with Crippen molar-refractivity contribution < 1.29 is 18.7 Å². The van der Waals surface area contributed by atoms with E-state index in [4.69, 9.17) is 13.9 Å². The Labute approximate surface area is 105 Å². The molecule has 0 saturated heterocycles. The van der Waals surface area contributed by atoms with Gasteiger partial charge >= 0.3 is 5.97 Å². The fourth-order valence-electron chi connectivity index (χ4n) is 1.55. The van der Waals surface area contributed by atoms with Gasteiger partial charge in [0.1, 0.15) is 0 Å². The van der Waals surface area contributed by atoms with Gasteiger partial charge in [-0.1, -0.05) is 6.07 Å². The molecular formula is C12H7NO4S. The first-order chi connectivity index (χ1) is 8.75. The highest BCUT2D eigenvalue weighted by atomic mass is 32.1. The van der Waals surface area contributed by atoms with Gasteiger partial charge < -0.3 is 13.9 Å². The van der Waals surface area contributed by atoms with Crippen molar-refractivity contribution in [3.8, 4) is 22.3 Å². The Hall–Kier alpha value is -2.34. The normalized spacial score (nSPS) is 10.7. The summed E-state index contributed by atoms with van der Waals surface area (Å²) in [6.45, 7) is 0. The lowest BCUT2D eigenvalue weighted by atomic mass is 10.3. The Morgan fingerprint density at radius 3 is 2.83 bits per heavy atom. The number of hydrogen-bond donors (Lipinski definition) is 1. The molecule has 18 heavy (non-hydrogen) atoms. The SMILES string of the molecule is O=C(O)c1nc(-c2cccs2)oc1-c1ccco1. The number of carbonyl (C=O) groups is 1. The molecule has 0 aliphatic heterocycles. The molecule has 3 heterocycles. The van der Waals surface area contributed by atoms with Crippen LogP contribution in [0.1, 0.15) is 10.5 Å². The topological polar surface area (TPSA) is 76.5 Å². The molecule has 3 rings (SSSR count). The van der Waals surface area contributed by atoms with Gasteiger partial charge in [-0.2, -0.15) is 0 Å². The quantitative estimate of drug-likeness (QED) is 0.782. The number of oxazole rings is 1. The molecule has 0 radical (unpaired) electrons. The average Bonchev–Trinajstić information content (AvgIpc) is 3.10. The van der Waals surface area contributed by atoms with Crippen LogP contribution in [0.15, 0.2) is 44.7 Å². The summed E-state index contributed by atoms with van der Waals surface area (Å²) in [6, 6.07) is 6.95. The van der Waals surface area contributed by atoms with Crippen molar-refractivity contribution >= 4 is 17.3 Å². The van der Waals surface area contributed by atoms with Crippen LogP contribution in [0.3, 0.4) is 0 Å². The van der Waals surface area contributed by atoms with Gasteiger partial charge in [0.2, 0.25) is 11.7 Å². The van der Waals surface area contributed by atoms with E-state index < -0.39 is 5.97 Å². The van der Waals surface area contributed by atoms with Crippen LogP contribution in [0.25, 0.3) is 22.3 Å². The van der Waals surface area contributed by atoms with E-state index in [-0.39, 0.29) is 17.3 Å². The maximum atomic E-state index is 11.1. The molecular weight excluding hydrogens is 254 g/mol. The predicted molar refractivity (Wildman–Crippen MR) is 64.5 cm³/mol. The molecule has 0 spiro atoms. The first kappa shape index (κ1) is 10.8. The second-order valence-corrected chi connectivity index (χ2v) is 4.40. The number of aromatic carboxylic acids is 1. The molecule has 0 aliphatic carbocycles. The second kappa shape index (κ2) is 4.15. The van der Waals surface area contributed by atoms with Crippen molar-refractivity contribution in [3.05, 3.63) is 41.6 Å². The molecule has 0 bridgehead atoms. The summed E-state index contributed by atoms with van der Waals surface area (Å²) in [5.41, 5.74) is -0.145. The largest absolute Gasteiger partial charge is 0.476 e. The minimum atomic E-state index is -1.15. The van der Waals surface area contributed by atoms with Gasteiger partial charge in [0.15, 0.2) is 11.5 Å². The van der Waals surface area contributed by atoms with Gasteiger partial charge in [-0.05, 0) is 23.6 Å². The third kappa shape index (κ3) is 1.72. The first-order valence-corrected chi connectivity index (χ1v) is 5.95. The van der Waals surface area contributed by atoms with Crippen LogP contribution in [0.2, 0.25) is 0 Å². The number of hydrogen-bond acceptors (Lipinski definition) is 5. The van der Waals surface area contributed by atoms with Gasteiger partial charge in [-0.15, -0.1) is 11.3 Å². The van der Waals surface area contributed by atoms with Crippen LogP contribution in [0.5, 0.6) is 0 Å². The summed E-state index contributed by atoms with van der Waals surface area (Å²) in [5, 5.41) is 11.0. The molecule has 0 aliphatic rings. The maximum Gasteiger partial charge on any atom is 0.358 e. The van der Waals surface area contributed by atoms with Crippen LogP contribution >= 0.6 is 11.3 Å².